The lowest BCUT2D eigenvalue weighted by Gasteiger charge is -2.04. The van der Waals surface area contributed by atoms with Crippen LogP contribution >= 0.6 is 23.2 Å². The van der Waals surface area contributed by atoms with Crippen LogP contribution in [0.2, 0.25) is 5.15 Å². The van der Waals surface area contributed by atoms with Crippen LogP contribution in [0.15, 0.2) is 24.3 Å². The molecular weight excluding hydrogens is 267 g/mol. The summed E-state index contributed by atoms with van der Waals surface area (Å²) in [5.41, 5.74) is 4.38. The van der Waals surface area contributed by atoms with Gasteiger partial charge in [0.15, 0.2) is 0 Å². The van der Waals surface area contributed by atoms with Crippen LogP contribution in [-0.2, 0) is 18.8 Å². The van der Waals surface area contributed by atoms with E-state index in [-0.39, 0.29) is 0 Å². The first-order valence-electron chi connectivity index (χ1n) is 6.01. The predicted octanol–water partition coefficient (Wildman–Crippen LogP) is 4.19. The summed E-state index contributed by atoms with van der Waals surface area (Å²) in [6.07, 6.45) is 0.850. The van der Waals surface area contributed by atoms with Crippen molar-refractivity contribution in [2.75, 3.05) is 0 Å². The molecule has 18 heavy (non-hydrogen) atoms. The lowest BCUT2D eigenvalue weighted by Crippen LogP contribution is -2.02. The van der Waals surface area contributed by atoms with Crippen molar-refractivity contribution in [1.82, 2.24) is 9.78 Å². The van der Waals surface area contributed by atoms with Crippen molar-refractivity contribution < 1.29 is 0 Å². The average molecular weight is 283 g/mol. The zero-order valence-corrected chi connectivity index (χ0v) is 12.1. The number of alkyl halides is 1. The lowest BCUT2D eigenvalue weighted by molar-refractivity contribution is 0.674. The third kappa shape index (κ3) is 2.70. The first-order valence-corrected chi connectivity index (χ1v) is 6.92. The Morgan fingerprint density at radius 2 is 1.89 bits per heavy atom. The number of nitrogens with zero attached hydrogens (tertiary/aromatic N) is 2. The van der Waals surface area contributed by atoms with Gasteiger partial charge >= 0.3 is 0 Å². The van der Waals surface area contributed by atoms with Crippen LogP contribution in [0.5, 0.6) is 0 Å². The van der Waals surface area contributed by atoms with Gasteiger partial charge in [-0.25, -0.2) is 4.68 Å². The number of aromatic nitrogens is 2. The SMILES string of the molecule is CCc1nn(Cc2ccc(C)cc2)c(Cl)c1CCl. The molecule has 0 aliphatic carbocycles. The second-order valence-corrected chi connectivity index (χ2v) is 4.97. The number of benzene rings is 1. The van der Waals surface area contributed by atoms with Gasteiger partial charge in [-0.1, -0.05) is 48.4 Å². The molecule has 0 amide bonds. The largest absolute Gasteiger partial charge is 0.249 e. The van der Waals surface area contributed by atoms with Gasteiger partial charge in [-0.2, -0.15) is 5.10 Å². The van der Waals surface area contributed by atoms with E-state index in [1.807, 2.05) is 4.68 Å². The summed E-state index contributed by atoms with van der Waals surface area (Å²) in [5, 5.41) is 5.17. The maximum atomic E-state index is 6.31. The molecule has 2 nitrogen and oxygen atoms in total. The molecule has 0 spiro atoms. The Morgan fingerprint density at radius 3 is 2.39 bits per heavy atom. The predicted molar refractivity (Wildman–Crippen MR) is 76.5 cm³/mol. The Balaban J connectivity index is 2.29. The highest BCUT2D eigenvalue weighted by Crippen LogP contribution is 2.23. The van der Waals surface area contributed by atoms with Crippen LogP contribution in [-0.4, -0.2) is 9.78 Å². The smallest absolute Gasteiger partial charge is 0.132 e. The summed E-state index contributed by atoms with van der Waals surface area (Å²) in [6, 6.07) is 8.38. The highest BCUT2D eigenvalue weighted by Gasteiger charge is 2.14. The molecule has 0 aliphatic rings. The molecule has 0 bridgehead atoms. The fourth-order valence-corrected chi connectivity index (χ4v) is 2.54. The van der Waals surface area contributed by atoms with E-state index < -0.39 is 0 Å². The van der Waals surface area contributed by atoms with Crippen LogP contribution in [0, 0.1) is 6.92 Å². The van der Waals surface area contributed by atoms with Gasteiger partial charge in [0.25, 0.3) is 0 Å². The molecule has 2 aromatic rings. The summed E-state index contributed by atoms with van der Waals surface area (Å²) < 4.78 is 1.82. The summed E-state index contributed by atoms with van der Waals surface area (Å²) in [5.74, 6) is 0.413. The first kappa shape index (κ1) is 13.4. The van der Waals surface area contributed by atoms with Crippen molar-refractivity contribution in [1.29, 1.82) is 0 Å². The molecule has 1 aromatic heterocycles. The minimum atomic E-state index is 0.413. The molecule has 0 saturated carbocycles. The fraction of sp³-hybridized carbons (Fsp3) is 0.357. The topological polar surface area (TPSA) is 17.8 Å². The number of hydrogen-bond acceptors (Lipinski definition) is 1. The van der Waals surface area contributed by atoms with E-state index >= 15 is 0 Å². The Morgan fingerprint density at radius 1 is 1.22 bits per heavy atom. The number of aryl methyl sites for hydroxylation is 2. The minimum Gasteiger partial charge on any atom is -0.249 e. The van der Waals surface area contributed by atoms with E-state index in [1.165, 1.54) is 11.1 Å². The van der Waals surface area contributed by atoms with Crippen LogP contribution in [0.3, 0.4) is 0 Å². The van der Waals surface area contributed by atoms with Crippen LogP contribution in [0.1, 0.15) is 29.3 Å². The van der Waals surface area contributed by atoms with Crippen molar-refractivity contribution in [2.45, 2.75) is 32.7 Å². The van der Waals surface area contributed by atoms with Gasteiger partial charge in [-0.3, -0.25) is 0 Å². The first-order chi connectivity index (χ1) is 8.65. The molecule has 0 atom stereocenters. The monoisotopic (exact) mass is 282 g/mol. The molecule has 96 valence electrons. The fourth-order valence-electron chi connectivity index (χ4n) is 1.91. The Hall–Kier alpha value is -0.990. The van der Waals surface area contributed by atoms with Crippen molar-refractivity contribution in [2.24, 2.45) is 0 Å². The van der Waals surface area contributed by atoms with Gasteiger partial charge in [0.05, 0.1) is 18.1 Å². The highest BCUT2D eigenvalue weighted by atomic mass is 35.5. The van der Waals surface area contributed by atoms with Gasteiger partial charge in [-0.05, 0) is 18.9 Å². The van der Waals surface area contributed by atoms with Gasteiger partial charge in [0.1, 0.15) is 5.15 Å². The van der Waals surface area contributed by atoms with Crippen LogP contribution < -0.4 is 0 Å². The molecule has 0 aliphatic heterocycles. The Bertz CT molecular complexity index is 529. The van der Waals surface area contributed by atoms with Crippen molar-refractivity contribution in [3.63, 3.8) is 0 Å². The summed E-state index contributed by atoms with van der Waals surface area (Å²) in [7, 11) is 0. The second-order valence-electron chi connectivity index (χ2n) is 4.35. The molecule has 2 rings (SSSR count). The van der Waals surface area contributed by atoms with Gasteiger partial charge in [0.2, 0.25) is 0 Å². The van der Waals surface area contributed by atoms with Gasteiger partial charge in [0, 0.05) is 5.56 Å². The maximum absolute atomic E-state index is 6.31. The molecule has 1 aromatic carbocycles. The molecule has 0 radical (unpaired) electrons. The highest BCUT2D eigenvalue weighted by molar-refractivity contribution is 6.31. The summed E-state index contributed by atoms with van der Waals surface area (Å²) in [6.45, 7) is 4.82. The standard InChI is InChI=1S/C14H16Cl2N2/c1-3-13-12(8-15)14(16)18(17-13)9-11-6-4-10(2)5-7-11/h4-7H,3,8-9H2,1-2H3. The van der Waals surface area contributed by atoms with Crippen LogP contribution in [0.25, 0.3) is 0 Å². The van der Waals surface area contributed by atoms with E-state index in [9.17, 15) is 0 Å². The molecule has 4 heteroatoms. The van der Waals surface area contributed by atoms with E-state index in [2.05, 4.69) is 43.2 Å². The van der Waals surface area contributed by atoms with E-state index in [0.717, 1.165) is 17.7 Å². The maximum Gasteiger partial charge on any atom is 0.132 e. The van der Waals surface area contributed by atoms with Crippen molar-refractivity contribution in [3.8, 4) is 0 Å². The van der Waals surface area contributed by atoms with Crippen LogP contribution in [0.4, 0.5) is 0 Å². The van der Waals surface area contributed by atoms with Gasteiger partial charge < -0.3 is 0 Å². The molecule has 0 fully saturated rings. The van der Waals surface area contributed by atoms with Crippen molar-refractivity contribution >= 4 is 23.2 Å². The quantitative estimate of drug-likeness (QED) is 0.769. The second kappa shape index (κ2) is 5.77. The zero-order chi connectivity index (χ0) is 13.1. The number of halogens is 2. The minimum absolute atomic E-state index is 0.413. The molecular formula is C14H16Cl2N2. The number of hydrogen-bond donors (Lipinski definition) is 0. The average Bonchev–Trinajstić information content (AvgIpc) is 2.68. The van der Waals surface area contributed by atoms with E-state index in [1.54, 1.807) is 0 Å². The summed E-state index contributed by atoms with van der Waals surface area (Å²) >= 11 is 12.2. The number of rotatable bonds is 4. The molecule has 0 saturated heterocycles. The third-order valence-corrected chi connectivity index (χ3v) is 3.68. The van der Waals surface area contributed by atoms with E-state index in [0.29, 0.717) is 17.6 Å². The van der Waals surface area contributed by atoms with E-state index in [4.69, 9.17) is 23.2 Å². The summed E-state index contributed by atoms with van der Waals surface area (Å²) in [4.78, 5) is 0. The zero-order valence-electron chi connectivity index (χ0n) is 10.6. The third-order valence-electron chi connectivity index (χ3n) is 2.99. The lowest BCUT2D eigenvalue weighted by atomic mass is 10.1. The Labute approximate surface area is 118 Å². The van der Waals surface area contributed by atoms with Gasteiger partial charge in [-0.15, -0.1) is 11.6 Å². The molecule has 0 N–H and O–H groups in total. The molecule has 0 unspecified atom stereocenters. The Kier molecular flexibility index (Phi) is 4.31. The molecule has 1 heterocycles. The van der Waals surface area contributed by atoms with Crippen molar-refractivity contribution in [3.05, 3.63) is 51.8 Å². The normalized spacial score (nSPS) is 10.9.